The van der Waals surface area contributed by atoms with E-state index < -0.39 is 0 Å². The van der Waals surface area contributed by atoms with Gasteiger partial charge in [-0.15, -0.1) is 11.3 Å². The maximum Gasteiger partial charge on any atom is 0.191 e. The Labute approximate surface area is 141 Å². The minimum atomic E-state index is 0.00680. The summed E-state index contributed by atoms with van der Waals surface area (Å²) in [4.78, 5) is 13.9. The summed E-state index contributed by atoms with van der Waals surface area (Å²) >= 11 is 3.05. The second kappa shape index (κ2) is 6.02. The number of thiophene rings is 1. The first-order valence-corrected chi connectivity index (χ1v) is 8.53. The molecule has 6 nitrogen and oxygen atoms in total. The normalized spacial score (nSPS) is 12.2. The number of nitrogens with zero attached hydrogens (tertiary/aromatic N) is 4. The number of anilines is 2. The molecule has 3 aromatic heterocycles. The Balaban J connectivity index is 1.91. The highest BCUT2D eigenvalue weighted by atomic mass is 32.2. The highest BCUT2D eigenvalue weighted by Gasteiger charge is 2.15. The molecule has 1 atom stereocenters. The van der Waals surface area contributed by atoms with Crippen molar-refractivity contribution in [2.24, 2.45) is 0 Å². The minimum Gasteiger partial charge on any atom is -0.397 e. The fourth-order valence-corrected chi connectivity index (χ4v) is 3.96. The molecule has 0 aliphatic heterocycles. The molecule has 8 heteroatoms. The fourth-order valence-electron chi connectivity index (χ4n) is 2.15. The number of pyridine rings is 1. The Kier molecular flexibility index (Phi) is 4.07. The molecule has 3 heterocycles. The van der Waals surface area contributed by atoms with Gasteiger partial charge in [-0.25, -0.2) is 9.97 Å². The third kappa shape index (κ3) is 3.06. The first kappa shape index (κ1) is 15.5. The van der Waals surface area contributed by atoms with Gasteiger partial charge in [-0.05, 0) is 19.9 Å². The summed E-state index contributed by atoms with van der Waals surface area (Å²) in [6, 6.07) is 5.44. The molecule has 23 heavy (non-hydrogen) atoms. The number of hydrogen-bond donors (Lipinski definition) is 2. The van der Waals surface area contributed by atoms with E-state index in [1.54, 1.807) is 11.3 Å². The van der Waals surface area contributed by atoms with E-state index in [-0.39, 0.29) is 16.8 Å². The van der Waals surface area contributed by atoms with Gasteiger partial charge in [-0.1, -0.05) is 11.8 Å². The molecule has 0 saturated carbocycles. The molecule has 1 unspecified atom stereocenters. The van der Waals surface area contributed by atoms with Gasteiger partial charge in [-0.3, -0.25) is 4.98 Å². The smallest absolute Gasteiger partial charge is 0.191 e. The molecule has 0 amide bonds. The number of nitrogen functional groups attached to an aromatic ring is 2. The maximum absolute atomic E-state index is 8.96. The number of aryl methyl sites for hydroxylation is 1. The van der Waals surface area contributed by atoms with E-state index in [2.05, 4.69) is 15.0 Å². The minimum absolute atomic E-state index is 0.00680. The number of hydrogen-bond acceptors (Lipinski definition) is 8. The average molecular weight is 342 g/mol. The number of thioether (sulfide) groups is 1. The molecule has 4 N–H and O–H groups in total. The maximum atomic E-state index is 8.96. The van der Waals surface area contributed by atoms with Crippen molar-refractivity contribution in [3.63, 3.8) is 0 Å². The molecule has 0 saturated heterocycles. The van der Waals surface area contributed by atoms with E-state index >= 15 is 0 Å². The van der Waals surface area contributed by atoms with Crippen LogP contribution in [0, 0.1) is 18.3 Å². The molecule has 0 aliphatic rings. The molecule has 0 fully saturated rings. The van der Waals surface area contributed by atoms with Crippen LogP contribution in [0.25, 0.3) is 10.1 Å². The van der Waals surface area contributed by atoms with Crippen LogP contribution in [0.2, 0.25) is 0 Å². The predicted octanol–water partition coefficient (Wildman–Crippen LogP) is 3.28. The topological polar surface area (TPSA) is 114 Å². The summed E-state index contributed by atoms with van der Waals surface area (Å²) in [6.45, 7) is 4.01. The molecule has 0 aliphatic carbocycles. The summed E-state index contributed by atoms with van der Waals surface area (Å²) in [5, 5.41) is 10.5. The molecule has 0 aromatic carbocycles. The summed E-state index contributed by atoms with van der Waals surface area (Å²) in [6.07, 6.45) is 1.84. The second-order valence-electron chi connectivity index (χ2n) is 5.01. The monoisotopic (exact) mass is 342 g/mol. The zero-order valence-corrected chi connectivity index (χ0v) is 14.2. The van der Waals surface area contributed by atoms with E-state index in [0.717, 1.165) is 26.3 Å². The van der Waals surface area contributed by atoms with Gasteiger partial charge in [0.2, 0.25) is 0 Å². The molecule has 116 valence electrons. The highest BCUT2D eigenvalue weighted by Crippen LogP contribution is 2.37. The standard InChI is InChI=1S/C15H14N6S2/c1-7(23-15-20-9(5-16)3-13(17)21-15)11-4-10-12(6-19-11)22-8(2)14(10)18/h3-4,6-7H,18H2,1-2H3,(H2,17,20,21). The van der Waals surface area contributed by atoms with Crippen molar-refractivity contribution in [3.05, 3.63) is 34.6 Å². The van der Waals surface area contributed by atoms with E-state index in [4.69, 9.17) is 16.7 Å². The zero-order chi connectivity index (χ0) is 16.6. The van der Waals surface area contributed by atoms with Crippen LogP contribution in [0.5, 0.6) is 0 Å². The van der Waals surface area contributed by atoms with Crippen LogP contribution in [0.3, 0.4) is 0 Å². The summed E-state index contributed by atoms with van der Waals surface area (Å²) in [7, 11) is 0. The van der Waals surface area contributed by atoms with Crippen molar-refractivity contribution >= 4 is 44.7 Å². The lowest BCUT2D eigenvalue weighted by Gasteiger charge is -2.10. The lowest BCUT2D eigenvalue weighted by Crippen LogP contribution is -1.99. The number of nitriles is 1. The lowest BCUT2D eigenvalue weighted by molar-refractivity contribution is 0.937. The number of aromatic nitrogens is 3. The molecule has 0 spiro atoms. The first-order valence-electron chi connectivity index (χ1n) is 6.83. The van der Waals surface area contributed by atoms with E-state index in [0.29, 0.717) is 5.16 Å². The summed E-state index contributed by atoms with van der Waals surface area (Å²) in [5.41, 5.74) is 13.8. The largest absolute Gasteiger partial charge is 0.397 e. The van der Waals surface area contributed by atoms with Crippen LogP contribution in [0.1, 0.15) is 28.4 Å². The average Bonchev–Trinajstić information content (AvgIpc) is 2.81. The number of fused-ring (bicyclic) bond motifs is 1. The van der Waals surface area contributed by atoms with Crippen LogP contribution >= 0.6 is 23.1 Å². The molecule has 0 bridgehead atoms. The Morgan fingerprint density at radius 1 is 1.30 bits per heavy atom. The van der Waals surface area contributed by atoms with Crippen LogP contribution in [0.15, 0.2) is 23.5 Å². The van der Waals surface area contributed by atoms with Gasteiger partial charge in [0.15, 0.2) is 5.16 Å². The first-order chi connectivity index (χ1) is 11.0. The van der Waals surface area contributed by atoms with Crippen molar-refractivity contribution in [2.45, 2.75) is 24.3 Å². The predicted molar refractivity (Wildman–Crippen MR) is 94.2 cm³/mol. The van der Waals surface area contributed by atoms with Crippen LogP contribution in [-0.2, 0) is 0 Å². The fraction of sp³-hybridized carbons (Fsp3) is 0.200. The van der Waals surface area contributed by atoms with Crippen LogP contribution in [-0.4, -0.2) is 15.0 Å². The molecule has 3 aromatic rings. The van der Waals surface area contributed by atoms with Gasteiger partial charge in [0, 0.05) is 22.5 Å². The Morgan fingerprint density at radius 3 is 2.83 bits per heavy atom. The van der Waals surface area contributed by atoms with Crippen molar-refractivity contribution in [1.29, 1.82) is 5.26 Å². The van der Waals surface area contributed by atoms with E-state index in [1.807, 2.05) is 32.2 Å². The van der Waals surface area contributed by atoms with Gasteiger partial charge in [0.05, 0.1) is 21.3 Å². The number of rotatable bonds is 3. The Morgan fingerprint density at radius 2 is 2.09 bits per heavy atom. The Hall–Kier alpha value is -2.37. The highest BCUT2D eigenvalue weighted by molar-refractivity contribution is 7.99. The van der Waals surface area contributed by atoms with Gasteiger partial charge in [-0.2, -0.15) is 5.26 Å². The zero-order valence-electron chi connectivity index (χ0n) is 12.6. The SMILES string of the molecule is Cc1sc2cnc(C(C)Sc3nc(N)cc(C#N)n3)cc2c1N. The number of nitrogens with two attached hydrogens (primary N) is 2. The molecular formula is C15H14N6S2. The molecule has 0 radical (unpaired) electrons. The molecular weight excluding hydrogens is 328 g/mol. The van der Waals surface area contributed by atoms with Crippen molar-refractivity contribution in [2.75, 3.05) is 11.5 Å². The van der Waals surface area contributed by atoms with Crippen molar-refractivity contribution in [1.82, 2.24) is 15.0 Å². The third-order valence-electron chi connectivity index (χ3n) is 3.36. The van der Waals surface area contributed by atoms with Crippen molar-refractivity contribution in [3.8, 4) is 6.07 Å². The van der Waals surface area contributed by atoms with Gasteiger partial charge < -0.3 is 11.5 Å². The molecule has 3 rings (SSSR count). The van der Waals surface area contributed by atoms with Gasteiger partial charge in [0.1, 0.15) is 17.6 Å². The second-order valence-corrected chi connectivity index (χ2v) is 7.57. The lowest BCUT2D eigenvalue weighted by atomic mass is 10.2. The summed E-state index contributed by atoms with van der Waals surface area (Å²) < 4.78 is 1.08. The van der Waals surface area contributed by atoms with Crippen molar-refractivity contribution < 1.29 is 0 Å². The van der Waals surface area contributed by atoms with Gasteiger partial charge >= 0.3 is 0 Å². The third-order valence-corrected chi connectivity index (χ3v) is 5.42. The van der Waals surface area contributed by atoms with Gasteiger partial charge in [0.25, 0.3) is 0 Å². The van der Waals surface area contributed by atoms with Crippen LogP contribution in [0.4, 0.5) is 11.5 Å². The van der Waals surface area contributed by atoms with E-state index in [1.165, 1.54) is 17.8 Å². The quantitative estimate of drug-likeness (QED) is 0.554. The summed E-state index contributed by atoms with van der Waals surface area (Å²) in [5.74, 6) is 0.285. The van der Waals surface area contributed by atoms with Crippen LogP contribution < -0.4 is 11.5 Å². The van der Waals surface area contributed by atoms with E-state index in [9.17, 15) is 0 Å². The Bertz CT molecular complexity index is 928.